The van der Waals surface area contributed by atoms with Crippen molar-refractivity contribution in [3.8, 4) is 0 Å². The Morgan fingerprint density at radius 1 is 1.57 bits per heavy atom. The van der Waals surface area contributed by atoms with E-state index in [1.165, 1.54) is 31.4 Å². The smallest absolute Gasteiger partial charge is 0.0204 e. The molecule has 1 heterocycles. The summed E-state index contributed by atoms with van der Waals surface area (Å²) in [7, 11) is 0. The van der Waals surface area contributed by atoms with Gasteiger partial charge in [0.05, 0.1) is 0 Å². The van der Waals surface area contributed by atoms with Gasteiger partial charge in [0.25, 0.3) is 0 Å². The fourth-order valence-corrected chi connectivity index (χ4v) is 2.21. The van der Waals surface area contributed by atoms with Gasteiger partial charge in [-0.25, -0.2) is 0 Å². The molecule has 1 unspecified atom stereocenters. The van der Waals surface area contributed by atoms with Gasteiger partial charge in [-0.15, -0.1) is 0 Å². The minimum atomic E-state index is 0.681. The van der Waals surface area contributed by atoms with Gasteiger partial charge in [-0.3, -0.25) is 4.90 Å². The molecule has 0 aliphatic carbocycles. The fraction of sp³-hybridized carbons (Fsp3) is 0.818. The van der Waals surface area contributed by atoms with E-state index in [4.69, 9.17) is 17.3 Å². The molecule has 1 atom stereocenters. The summed E-state index contributed by atoms with van der Waals surface area (Å²) < 4.78 is 0. The first-order valence-electron chi connectivity index (χ1n) is 5.48. The van der Waals surface area contributed by atoms with Crippen LogP contribution >= 0.6 is 11.6 Å². The third kappa shape index (κ3) is 3.60. The second-order valence-electron chi connectivity index (χ2n) is 4.15. The van der Waals surface area contributed by atoms with Gasteiger partial charge < -0.3 is 5.73 Å². The van der Waals surface area contributed by atoms with Crippen LogP contribution in [0, 0.1) is 0 Å². The quantitative estimate of drug-likeness (QED) is 0.782. The van der Waals surface area contributed by atoms with Crippen molar-refractivity contribution in [2.45, 2.75) is 38.6 Å². The van der Waals surface area contributed by atoms with Crippen molar-refractivity contribution in [3.05, 3.63) is 11.1 Å². The van der Waals surface area contributed by atoms with E-state index in [-0.39, 0.29) is 0 Å². The zero-order valence-electron chi connectivity index (χ0n) is 9.01. The van der Waals surface area contributed by atoms with E-state index >= 15 is 0 Å². The van der Waals surface area contributed by atoms with Crippen LogP contribution in [0.4, 0.5) is 0 Å². The molecule has 0 amide bonds. The minimum absolute atomic E-state index is 0.681. The largest absolute Gasteiger partial charge is 0.330 e. The fourth-order valence-electron chi connectivity index (χ4n) is 2.14. The minimum Gasteiger partial charge on any atom is -0.330 e. The first kappa shape index (κ1) is 12.0. The van der Waals surface area contributed by atoms with Gasteiger partial charge in [0.2, 0.25) is 0 Å². The molecule has 0 aromatic rings. The zero-order valence-corrected chi connectivity index (χ0v) is 9.76. The maximum atomic E-state index is 5.68. The van der Waals surface area contributed by atoms with Crippen LogP contribution < -0.4 is 5.73 Å². The second kappa shape index (κ2) is 6.44. The van der Waals surface area contributed by atoms with E-state index in [0.29, 0.717) is 6.04 Å². The van der Waals surface area contributed by atoms with Crippen molar-refractivity contribution in [1.82, 2.24) is 4.90 Å². The number of piperidine rings is 1. The number of nitrogens with two attached hydrogens (primary N) is 1. The van der Waals surface area contributed by atoms with E-state index in [0.717, 1.165) is 19.5 Å². The van der Waals surface area contributed by atoms with Crippen molar-refractivity contribution >= 4 is 11.6 Å². The molecule has 1 aliphatic rings. The average Bonchev–Trinajstić information content (AvgIpc) is 2.21. The number of nitrogens with zero attached hydrogens (tertiary/aromatic N) is 1. The van der Waals surface area contributed by atoms with E-state index < -0.39 is 0 Å². The normalized spacial score (nSPS) is 25.4. The average molecular weight is 217 g/mol. The van der Waals surface area contributed by atoms with Gasteiger partial charge in [0.1, 0.15) is 0 Å². The monoisotopic (exact) mass is 216 g/mol. The molecule has 2 N–H and O–H groups in total. The van der Waals surface area contributed by atoms with Crippen LogP contribution in [0.5, 0.6) is 0 Å². The maximum Gasteiger partial charge on any atom is 0.0204 e. The summed E-state index contributed by atoms with van der Waals surface area (Å²) >= 11 is 5.68. The van der Waals surface area contributed by atoms with Gasteiger partial charge in [0.15, 0.2) is 0 Å². The van der Waals surface area contributed by atoms with E-state index in [9.17, 15) is 0 Å². The number of rotatable bonds is 4. The van der Waals surface area contributed by atoms with Gasteiger partial charge in [-0.2, -0.15) is 0 Å². The molecule has 0 radical (unpaired) electrons. The first-order valence-corrected chi connectivity index (χ1v) is 5.91. The van der Waals surface area contributed by atoms with Crippen LogP contribution in [-0.2, 0) is 0 Å². The van der Waals surface area contributed by atoms with Gasteiger partial charge in [-0.1, -0.05) is 18.0 Å². The molecule has 3 heteroatoms. The van der Waals surface area contributed by atoms with Gasteiger partial charge in [0, 0.05) is 18.1 Å². The summed E-state index contributed by atoms with van der Waals surface area (Å²) in [5.41, 5.74) is 8.55. The number of halogens is 1. The van der Waals surface area contributed by atoms with Crippen LogP contribution in [0.25, 0.3) is 0 Å². The number of hydrogen-bond donors (Lipinski definition) is 1. The summed E-state index contributed by atoms with van der Waals surface area (Å²) in [6.45, 7) is 5.09. The lowest BCUT2D eigenvalue weighted by molar-refractivity contribution is 0.155. The summed E-state index contributed by atoms with van der Waals surface area (Å²) in [5.74, 6) is 0. The summed E-state index contributed by atoms with van der Waals surface area (Å²) in [4.78, 5) is 2.52. The zero-order chi connectivity index (χ0) is 10.4. The Morgan fingerprint density at radius 3 is 3.00 bits per heavy atom. The summed E-state index contributed by atoms with van der Waals surface area (Å²) in [6, 6.07) is 0.681. The summed E-state index contributed by atoms with van der Waals surface area (Å²) in [6.07, 6.45) is 5.09. The van der Waals surface area contributed by atoms with Crippen LogP contribution in [0.3, 0.4) is 0 Å². The Balaban J connectivity index is 2.45. The highest BCUT2D eigenvalue weighted by Crippen LogP contribution is 2.20. The topological polar surface area (TPSA) is 29.3 Å². The molecule has 0 spiro atoms. The predicted octanol–water partition coefficient (Wildman–Crippen LogP) is 2.33. The third-order valence-corrected chi connectivity index (χ3v) is 3.26. The molecule has 14 heavy (non-hydrogen) atoms. The standard InChI is InChI=1S/C11H21ClN2/c1-10(8-12)9-14-7-3-2-4-11(14)5-6-13/h8,11H,2-7,9,13H2,1H3. The van der Waals surface area contributed by atoms with E-state index in [1.807, 2.05) is 0 Å². The van der Waals surface area contributed by atoms with E-state index in [2.05, 4.69) is 11.8 Å². The molecule has 1 aliphatic heterocycles. The molecule has 2 nitrogen and oxygen atoms in total. The molecule has 1 saturated heterocycles. The van der Waals surface area contributed by atoms with Crippen molar-refractivity contribution in [3.63, 3.8) is 0 Å². The van der Waals surface area contributed by atoms with Crippen molar-refractivity contribution < 1.29 is 0 Å². The van der Waals surface area contributed by atoms with Crippen molar-refractivity contribution in [2.75, 3.05) is 19.6 Å². The highest BCUT2D eigenvalue weighted by Gasteiger charge is 2.21. The molecule has 1 rings (SSSR count). The molecule has 82 valence electrons. The highest BCUT2D eigenvalue weighted by atomic mass is 35.5. The predicted molar refractivity (Wildman–Crippen MR) is 62.5 cm³/mol. The van der Waals surface area contributed by atoms with Gasteiger partial charge >= 0.3 is 0 Å². The molecular formula is C11H21ClN2. The number of likely N-dealkylation sites (tertiary alicyclic amines) is 1. The van der Waals surface area contributed by atoms with Gasteiger partial charge in [-0.05, 0) is 44.8 Å². The Labute approximate surface area is 92.1 Å². The second-order valence-corrected chi connectivity index (χ2v) is 4.37. The number of hydrogen-bond acceptors (Lipinski definition) is 2. The highest BCUT2D eigenvalue weighted by molar-refractivity contribution is 6.25. The SMILES string of the molecule is CC(=CCl)CN1CCCCC1CCN. The Kier molecular flexibility index (Phi) is 5.53. The van der Waals surface area contributed by atoms with Crippen LogP contribution in [-0.4, -0.2) is 30.6 Å². The van der Waals surface area contributed by atoms with Crippen LogP contribution in [0.1, 0.15) is 32.6 Å². The molecule has 0 bridgehead atoms. The Bertz CT molecular complexity index is 190. The lowest BCUT2D eigenvalue weighted by Crippen LogP contribution is -2.41. The van der Waals surface area contributed by atoms with Crippen molar-refractivity contribution in [2.24, 2.45) is 5.73 Å². The first-order chi connectivity index (χ1) is 6.77. The Hall–Kier alpha value is -0.0500. The molecule has 0 aromatic carbocycles. The van der Waals surface area contributed by atoms with E-state index in [1.54, 1.807) is 5.54 Å². The van der Waals surface area contributed by atoms with Crippen LogP contribution in [0.15, 0.2) is 11.1 Å². The van der Waals surface area contributed by atoms with Crippen LogP contribution in [0.2, 0.25) is 0 Å². The maximum absolute atomic E-state index is 5.68. The molecule has 0 aromatic heterocycles. The Morgan fingerprint density at radius 2 is 2.36 bits per heavy atom. The lowest BCUT2D eigenvalue weighted by Gasteiger charge is -2.35. The molecule has 0 saturated carbocycles. The third-order valence-electron chi connectivity index (χ3n) is 2.89. The molecule has 1 fully saturated rings. The lowest BCUT2D eigenvalue weighted by atomic mass is 9.99. The molecular weight excluding hydrogens is 196 g/mol. The summed E-state index contributed by atoms with van der Waals surface area (Å²) in [5, 5.41) is 0. The van der Waals surface area contributed by atoms with Crippen molar-refractivity contribution in [1.29, 1.82) is 0 Å².